The molecule has 1 fully saturated rings. The maximum atomic E-state index is 12.5. The highest BCUT2D eigenvalue weighted by Crippen LogP contribution is 2.62. The van der Waals surface area contributed by atoms with E-state index in [0.29, 0.717) is 11.5 Å². The largest absolute Gasteiger partial charge is 0.490 e. The number of piperidine rings is 1. The van der Waals surface area contributed by atoms with E-state index in [9.17, 15) is 19.8 Å². The van der Waals surface area contributed by atoms with Crippen LogP contribution in [0.1, 0.15) is 17.5 Å². The lowest BCUT2D eigenvalue weighted by Gasteiger charge is -2.56. The number of aliphatic hydroxyl groups excluding tert-OH is 2. The number of aliphatic carboxylic acids is 1. The minimum absolute atomic E-state index is 0.0860. The maximum Gasteiger partial charge on any atom is 0.339 e. The maximum absolute atomic E-state index is 12.5. The molecule has 2 bridgehead atoms. The molecule has 0 aromatic heterocycles. The van der Waals surface area contributed by atoms with Crippen molar-refractivity contribution in [2.75, 3.05) is 26.7 Å². The molecule has 2 aliphatic heterocycles. The summed E-state index contributed by atoms with van der Waals surface area (Å²) in [6.45, 7) is 1.13. The van der Waals surface area contributed by atoms with Gasteiger partial charge in [0, 0.05) is 27.8 Å². The molecule has 1 aromatic carbocycles. The Morgan fingerprint density at radius 1 is 1.34 bits per heavy atom. The van der Waals surface area contributed by atoms with Gasteiger partial charge in [-0.05, 0) is 49.7 Å². The number of aliphatic hydroxyl groups is 2. The molecule has 12 nitrogen and oxygen atoms in total. The summed E-state index contributed by atoms with van der Waals surface area (Å²) in [4.78, 5) is 28.6. The van der Waals surface area contributed by atoms with Gasteiger partial charge in [0.1, 0.15) is 6.10 Å². The van der Waals surface area contributed by atoms with Crippen molar-refractivity contribution in [3.63, 3.8) is 0 Å². The van der Waals surface area contributed by atoms with Crippen molar-refractivity contribution in [2.45, 2.75) is 48.7 Å². The Balaban J connectivity index is 1.51. The summed E-state index contributed by atoms with van der Waals surface area (Å²) in [5.41, 5.74) is 10.2. The van der Waals surface area contributed by atoms with Gasteiger partial charge in [0.25, 0.3) is 0 Å². The smallest absolute Gasteiger partial charge is 0.339 e. The predicted molar refractivity (Wildman–Crippen MR) is 119 cm³/mol. The van der Waals surface area contributed by atoms with Gasteiger partial charge in [0.05, 0.1) is 13.2 Å². The molecular formula is C23H26N4O8. The average Bonchev–Trinajstić information content (AvgIpc) is 3.20. The minimum Gasteiger partial charge on any atom is -0.490 e. The second kappa shape index (κ2) is 8.72. The number of esters is 1. The molecule has 35 heavy (non-hydrogen) atoms. The first-order valence-electron chi connectivity index (χ1n) is 11.4. The number of likely N-dealkylation sites (N-methyl/N-ethyl adjacent to an activating group) is 1. The van der Waals surface area contributed by atoms with E-state index >= 15 is 0 Å². The summed E-state index contributed by atoms with van der Waals surface area (Å²) >= 11 is 0. The van der Waals surface area contributed by atoms with Crippen LogP contribution in [0.25, 0.3) is 10.4 Å². The van der Waals surface area contributed by atoms with E-state index in [1.807, 2.05) is 18.2 Å². The number of carbonyl (C=O) groups excluding carboxylic acids is 1. The number of carboxylic acids is 1. The van der Waals surface area contributed by atoms with E-state index in [2.05, 4.69) is 22.0 Å². The fourth-order valence-electron chi connectivity index (χ4n) is 6.13. The molecule has 5 rings (SSSR count). The number of carboxylic acid groups (broad SMARTS) is 1. The van der Waals surface area contributed by atoms with Crippen molar-refractivity contribution in [2.24, 2.45) is 11.0 Å². The molecule has 4 aliphatic rings. The Kier molecular flexibility index (Phi) is 5.84. The van der Waals surface area contributed by atoms with Crippen molar-refractivity contribution in [3.05, 3.63) is 45.9 Å². The molecule has 12 heteroatoms. The number of rotatable bonds is 8. The van der Waals surface area contributed by atoms with Gasteiger partial charge >= 0.3 is 11.9 Å². The first-order valence-corrected chi connectivity index (χ1v) is 11.4. The molecule has 1 aromatic rings. The summed E-state index contributed by atoms with van der Waals surface area (Å²) in [7, 11) is 2.09. The van der Waals surface area contributed by atoms with Crippen LogP contribution >= 0.6 is 0 Å². The first-order chi connectivity index (χ1) is 16.8. The molecule has 1 spiro atoms. The van der Waals surface area contributed by atoms with Crippen LogP contribution < -0.4 is 9.47 Å². The standard InChI is InChI=1S/C23H26N4O8/c1-27-8-6-23-12-3-5-15(34-22(32)18(29)17(28)21(30)31)20(23)35-19-14(33-9-7-25-26-24)4-2-11(16(19)23)10-13(12)27/h2-5,12-13,15,17-18,20,28-29H,6-10H2,1H3,(H,30,31)/t12-,13+,15-,17?,18?,20-,23-/m0/s1. The van der Waals surface area contributed by atoms with E-state index in [1.54, 1.807) is 6.08 Å². The number of likely N-dealkylation sites (tertiary alicyclic amines) is 1. The Morgan fingerprint density at radius 2 is 2.14 bits per heavy atom. The third kappa shape index (κ3) is 3.52. The van der Waals surface area contributed by atoms with Crippen molar-refractivity contribution < 1.29 is 39.1 Å². The van der Waals surface area contributed by atoms with Gasteiger partial charge in [-0.1, -0.05) is 17.3 Å². The molecule has 1 saturated heterocycles. The number of azide groups is 1. The third-order valence-electron chi connectivity index (χ3n) is 7.67. The zero-order valence-electron chi connectivity index (χ0n) is 19.0. The van der Waals surface area contributed by atoms with E-state index in [-0.39, 0.29) is 25.1 Å². The van der Waals surface area contributed by atoms with Gasteiger partial charge in [-0.3, -0.25) is 0 Å². The van der Waals surface area contributed by atoms with Crippen LogP contribution in [0.2, 0.25) is 0 Å². The fourth-order valence-corrected chi connectivity index (χ4v) is 6.13. The number of nitrogens with zero attached hydrogens (tertiary/aromatic N) is 4. The monoisotopic (exact) mass is 486 g/mol. The molecule has 7 atom stereocenters. The van der Waals surface area contributed by atoms with E-state index in [0.717, 1.165) is 30.5 Å². The summed E-state index contributed by atoms with van der Waals surface area (Å²) in [5.74, 6) is -1.81. The number of hydrogen-bond donors (Lipinski definition) is 3. The molecular weight excluding hydrogens is 460 g/mol. The van der Waals surface area contributed by atoms with Gasteiger partial charge < -0.3 is 34.4 Å². The van der Waals surface area contributed by atoms with Crippen molar-refractivity contribution >= 4 is 11.9 Å². The van der Waals surface area contributed by atoms with Crippen LogP contribution in [-0.2, 0) is 26.2 Å². The quantitative estimate of drug-likeness (QED) is 0.118. The minimum atomic E-state index is -2.30. The number of hydrogen-bond acceptors (Lipinski definition) is 9. The summed E-state index contributed by atoms with van der Waals surface area (Å²) < 4.78 is 17.9. The molecule has 2 aliphatic carbocycles. The van der Waals surface area contributed by atoms with Crippen molar-refractivity contribution in [1.82, 2.24) is 4.90 Å². The zero-order chi connectivity index (χ0) is 24.9. The van der Waals surface area contributed by atoms with Crippen molar-refractivity contribution in [3.8, 4) is 11.5 Å². The third-order valence-corrected chi connectivity index (χ3v) is 7.67. The lowest BCUT2D eigenvalue weighted by atomic mass is 9.53. The van der Waals surface area contributed by atoms with Gasteiger partial charge in [0.15, 0.2) is 29.8 Å². The summed E-state index contributed by atoms with van der Waals surface area (Å²) in [5, 5.41) is 32.0. The average molecular weight is 486 g/mol. The van der Waals surface area contributed by atoms with Crippen LogP contribution in [0.4, 0.5) is 0 Å². The van der Waals surface area contributed by atoms with Crippen LogP contribution in [0.3, 0.4) is 0 Å². The van der Waals surface area contributed by atoms with E-state index in [1.165, 1.54) is 0 Å². The highest BCUT2D eigenvalue weighted by Gasteiger charge is 2.65. The highest BCUT2D eigenvalue weighted by molar-refractivity contribution is 5.84. The lowest BCUT2D eigenvalue weighted by Crippen LogP contribution is -2.65. The molecule has 3 N–H and O–H groups in total. The molecule has 186 valence electrons. The second-order valence-electron chi connectivity index (χ2n) is 9.35. The SMILES string of the molecule is CN1CC[C@]23c4c5ccc(OCCN=[N+]=[N-])c4O[C@H]2[C@@H](OC(=O)C(O)C(O)C(=O)O)C=C[C@H]3[C@H]1C5. The fraction of sp³-hybridized carbons (Fsp3) is 0.565. The van der Waals surface area contributed by atoms with Gasteiger partial charge in [-0.15, -0.1) is 0 Å². The second-order valence-corrected chi connectivity index (χ2v) is 9.35. The van der Waals surface area contributed by atoms with Crippen LogP contribution in [-0.4, -0.2) is 89.4 Å². The zero-order valence-corrected chi connectivity index (χ0v) is 19.0. The normalized spacial score (nSPS) is 31.4. The Labute approximate surface area is 200 Å². The van der Waals surface area contributed by atoms with E-state index in [4.69, 9.17) is 24.8 Å². The van der Waals surface area contributed by atoms with Crippen LogP contribution in [0, 0.1) is 5.92 Å². The molecule has 0 amide bonds. The summed E-state index contributed by atoms with van der Waals surface area (Å²) in [6, 6.07) is 4.07. The number of benzene rings is 1. The lowest BCUT2D eigenvalue weighted by molar-refractivity contribution is -0.177. The molecule has 2 heterocycles. The number of ether oxygens (including phenoxy) is 3. The van der Waals surface area contributed by atoms with Crippen LogP contribution in [0.15, 0.2) is 29.4 Å². The first kappa shape index (κ1) is 23.4. The van der Waals surface area contributed by atoms with Gasteiger partial charge in [-0.2, -0.15) is 0 Å². The predicted octanol–water partition coefficient (Wildman–Crippen LogP) is 0.539. The molecule has 2 unspecified atom stereocenters. The van der Waals surface area contributed by atoms with Gasteiger partial charge in [0.2, 0.25) is 0 Å². The van der Waals surface area contributed by atoms with E-state index < -0.39 is 41.8 Å². The Hall–Kier alpha value is -3.31. The van der Waals surface area contributed by atoms with Crippen LogP contribution in [0.5, 0.6) is 11.5 Å². The molecule has 0 radical (unpaired) electrons. The number of carbonyl (C=O) groups is 2. The Morgan fingerprint density at radius 3 is 2.89 bits per heavy atom. The summed E-state index contributed by atoms with van der Waals surface area (Å²) in [6.07, 6.45) is -0.772. The van der Waals surface area contributed by atoms with Gasteiger partial charge in [-0.25, -0.2) is 9.59 Å². The molecule has 0 saturated carbocycles. The highest BCUT2D eigenvalue weighted by atomic mass is 16.6. The Bertz CT molecular complexity index is 1130. The topological polar surface area (TPSA) is 175 Å². The van der Waals surface area contributed by atoms with Crippen molar-refractivity contribution in [1.29, 1.82) is 0 Å².